The standard InChI is InChI=1S/C21H22N4O2/c1-21(13-26)8-6-19-17(21)10-14(12-23-19)18-7-9-22-20(25-18)24-15-4-3-5-16(11-15)27-2/h3-5,7,9-12,26H,6,8,13H2,1-2H3,(H,22,24,25). The third-order valence-electron chi connectivity index (χ3n) is 5.16. The highest BCUT2D eigenvalue weighted by Crippen LogP contribution is 2.39. The summed E-state index contributed by atoms with van der Waals surface area (Å²) < 4.78 is 5.25. The van der Waals surface area contributed by atoms with Crippen LogP contribution in [0.1, 0.15) is 24.6 Å². The number of anilines is 2. The lowest BCUT2D eigenvalue weighted by atomic mass is 9.85. The van der Waals surface area contributed by atoms with Gasteiger partial charge in [0.1, 0.15) is 5.75 Å². The summed E-state index contributed by atoms with van der Waals surface area (Å²) in [6.07, 6.45) is 5.39. The number of nitrogens with one attached hydrogen (secondary N) is 1. The van der Waals surface area contributed by atoms with Gasteiger partial charge in [-0.2, -0.15) is 0 Å². The molecule has 0 radical (unpaired) electrons. The van der Waals surface area contributed by atoms with Crippen LogP contribution in [0.4, 0.5) is 11.6 Å². The van der Waals surface area contributed by atoms with Crippen LogP contribution in [-0.4, -0.2) is 33.8 Å². The zero-order valence-electron chi connectivity index (χ0n) is 15.4. The molecule has 6 heteroatoms. The van der Waals surface area contributed by atoms with Crippen molar-refractivity contribution >= 4 is 11.6 Å². The minimum Gasteiger partial charge on any atom is -0.497 e. The molecule has 0 saturated carbocycles. The summed E-state index contributed by atoms with van der Waals surface area (Å²) in [5, 5.41) is 13.0. The summed E-state index contributed by atoms with van der Waals surface area (Å²) in [7, 11) is 1.64. The fourth-order valence-electron chi connectivity index (χ4n) is 3.46. The molecule has 1 aliphatic rings. The van der Waals surface area contributed by atoms with Crippen molar-refractivity contribution in [2.24, 2.45) is 0 Å². The average molecular weight is 362 g/mol. The Balaban J connectivity index is 1.64. The normalized spacial score (nSPS) is 18.2. The van der Waals surface area contributed by atoms with Crippen LogP contribution >= 0.6 is 0 Å². The van der Waals surface area contributed by atoms with Crippen molar-refractivity contribution in [1.82, 2.24) is 15.0 Å². The molecule has 27 heavy (non-hydrogen) atoms. The highest BCUT2D eigenvalue weighted by Gasteiger charge is 2.34. The third-order valence-corrected chi connectivity index (χ3v) is 5.16. The molecular weight excluding hydrogens is 340 g/mol. The minimum atomic E-state index is -0.229. The van der Waals surface area contributed by atoms with E-state index >= 15 is 0 Å². The second-order valence-electron chi connectivity index (χ2n) is 7.06. The van der Waals surface area contributed by atoms with E-state index < -0.39 is 0 Å². The molecule has 4 rings (SSSR count). The van der Waals surface area contributed by atoms with Gasteiger partial charge in [-0.3, -0.25) is 4.98 Å². The van der Waals surface area contributed by atoms with Crippen molar-refractivity contribution in [1.29, 1.82) is 0 Å². The predicted molar refractivity (Wildman–Crippen MR) is 104 cm³/mol. The number of methoxy groups -OCH3 is 1. The van der Waals surface area contributed by atoms with E-state index in [1.165, 1.54) is 0 Å². The fourth-order valence-corrected chi connectivity index (χ4v) is 3.46. The number of nitrogens with zero attached hydrogens (tertiary/aromatic N) is 3. The Hall–Kier alpha value is -2.99. The molecule has 2 aromatic heterocycles. The monoisotopic (exact) mass is 362 g/mol. The topological polar surface area (TPSA) is 80.2 Å². The molecule has 1 unspecified atom stereocenters. The lowest BCUT2D eigenvalue weighted by Crippen LogP contribution is -2.23. The zero-order chi connectivity index (χ0) is 18.9. The molecule has 138 valence electrons. The highest BCUT2D eigenvalue weighted by molar-refractivity contribution is 5.63. The second-order valence-corrected chi connectivity index (χ2v) is 7.06. The predicted octanol–water partition coefficient (Wildman–Crippen LogP) is 3.49. The van der Waals surface area contributed by atoms with Gasteiger partial charge in [0.2, 0.25) is 5.95 Å². The Bertz CT molecular complexity index is 976. The van der Waals surface area contributed by atoms with Crippen molar-refractivity contribution in [3.05, 3.63) is 60.0 Å². The van der Waals surface area contributed by atoms with Crippen molar-refractivity contribution in [3.63, 3.8) is 0 Å². The van der Waals surface area contributed by atoms with Gasteiger partial charge in [0.25, 0.3) is 0 Å². The molecular formula is C21H22N4O2. The minimum absolute atomic E-state index is 0.123. The van der Waals surface area contributed by atoms with Crippen molar-refractivity contribution in [3.8, 4) is 17.0 Å². The Labute approximate surface area is 158 Å². The molecule has 0 spiro atoms. The first-order valence-corrected chi connectivity index (χ1v) is 8.96. The molecule has 0 bridgehead atoms. The van der Waals surface area contributed by atoms with Gasteiger partial charge in [0.05, 0.1) is 19.4 Å². The molecule has 1 aliphatic carbocycles. The maximum Gasteiger partial charge on any atom is 0.227 e. The average Bonchev–Trinajstić information content (AvgIpc) is 3.05. The maximum atomic E-state index is 9.81. The Morgan fingerprint density at radius 3 is 2.93 bits per heavy atom. The smallest absolute Gasteiger partial charge is 0.227 e. The van der Waals surface area contributed by atoms with E-state index in [4.69, 9.17) is 4.74 Å². The molecule has 1 aromatic carbocycles. The van der Waals surface area contributed by atoms with E-state index in [1.807, 2.05) is 36.5 Å². The first-order valence-electron chi connectivity index (χ1n) is 8.96. The highest BCUT2D eigenvalue weighted by atomic mass is 16.5. The SMILES string of the molecule is COc1cccc(Nc2nccc(-c3cnc4c(c3)C(C)(CO)CC4)n2)c1. The number of aliphatic hydroxyl groups excluding tert-OH is 1. The number of hydrogen-bond donors (Lipinski definition) is 2. The molecule has 0 fully saturated rings. The van der Waals surface area contributed by atoms with Gasteiger partial charge in [-0.05, 0) is 42.7 Å². The lowest BCUT2D eigenvalue weighted by molar-refractivity contribution is 0.206. The summed E-state index contributed by atoms with van der Waals surface area (Å²) in [5.41, 5.74) is 4.52. The van der Waals surface area contributed by atoms with Gasteiger partial charge in [-0.1, -0.05) is 13.0 Å². The summed E-state index contributed by atoms with van der Waals surface area (Å²) in [6, 6.07) is 11.6. The number of aromatic nitrogens is 3. The van der Waals surface area contributed by atoms with Crippen molar-refractivity contribution < 1.29 is 9.84 Å². The number of aryl methyl sites for hydroxylation is 1. The van der Waals surface area contributed by atoms with Crippen LogP contribution < -0.4 is 10.1 Å². The van der Waals surface area contributed by atoms with Crippen molar-refractivity contribution in [2.75, 3.05) is 19.0 Å². The summed E-state index contributed by atoms with van der Waals surface area (Å²) in [6.45, 7) is 2.21. The molecule has 3 aromatic rings. The van der Waals surface area contributed by atoms with Gasteiger partial charge >= 0.3 is 0 Å². The van der Waals surface area contributed by atoms with Gasteiger partial charge in [-0.15, -0.1) is 0 Å². The first-order chi connectivity index (χ1) is 13.1. The molecule has 0 aliphatic heterocycles. The van der Waals surface area contributed by atoms with Gasteiger partial charge < -0.3 is 15.2 Å². The van der Waals surface area contributed by atoms with Crippen LogP contribution in [-0.2, 0) is 11.8 Å². The molecule has 2 heterocycles. The number of benzene rings is 1. The van der Waals surface area contributed by atoms with Crippen LogP contribution in [0.5, 0.6) is 5.75 Å². The van der Waals surface area contributed by atoms with Crippen molar-refractivity contribution in [2.45, 2.75) is 25.2 Å². The summed E-state index contributed by atoms with van der Waals surface area (Å²) >= 11 is 0. The largest absolute Gasteiger partial charge is 0.497 e. The van der Waals surface area contributed by atoms with Gasteiger partial charge in [0, 0.05) is 40.8 Å². The zero-order valence-corrected chi connectivity index (χ0v) is 15.4. The fraction of sp³-hybridized carbons (Fsp3) is 0.286. The van der Waals surface area contributed by atoms with Gasteiger partial charge in [0.15, 0.2) is 0 Å². The molecule has 6 nitrogen and oxygen atoms in total. The molecule has 1 atom stereocenters. The first kappa shape index (κ1) is 17.4. The van der Waals surface area contributed by atoms with E-state index in [0.29, 0.717) is 5.95 Å². The Morgan fingerprint density at radius 2 is 2.11 bits per heavy atom. The van der Waals surface area contributed by atoms with E-state index in [-0.39, 0.29) is 12.0 Å². The van der Waals surface area contributed by atoms with Crippen LogP contribution in [0, 0.1) is 0 Å². The Kier molecular flexibility index (Phi) is 4.49. The number of aliphatic hydroxyl groups is 1. The summed E-state index contributed by atoms with van der Waals surface area (Å²) in [4.78, 5) is 13.5. The number of hydrogen-bond acceptors (Lipinski definition) is 6. The number of pyridine rings is 1. The number of rotatable bonds is 5. The number of ether oxygens (including phenoxy) is 1. The maximum absolute atomic E-state index is 9.81. The number of fused-ring (bicyclic) bond motifs is 1. The van der Waals surface area contributed by atoms with E-state index in [0.717, 1.165) is 46.8 Å². The van der Waals surface area contributed by atoms with Crippen LogP contribution in [0.2, 0.25) is 0 Å². The van der Waals surface area contributed by atoms with E-state index in [9.17, 15) is 5.11 Å². The summed E-state index contributed by atoms with van der Waals surface area (Å²) in [5.74, 6) is 1.27. The van der Waals surface area contributed by atoms with E-state index in [2.05, 4.69) is 33.3 Å². The molecule has 0 amide bonds. The van der Waals surface area contributed by atoms with Crippen LogP contribution in [0.3, 0.4) is 0 Å². The molecule has 2 N–H and O–H groups in total. The van der Waals surface area contributed by atoms with E-state index in [1.54, 1.807) is 13.3 Å². The third kappa shape index (κ3) is 3.36. The second kappa shape index (κ2) is 6.96. The lowest BCUT2D eigenvalue weighted by Gasteiger charge is -2.22. The quantitative estimate of drug-likeness (QED) is 0.723. The van der Waals surface area contributed by atoms with Gasteiger partial charge in [-0.25, -0.2) is 9.97 Å². The molecule has 0 saturated heterocycles. The van der Waals surface area contributed by atoms with Crippen LogP contribution in [0.25, 0.3) is 11.3 Å². The Morgan fingerprint density at radius 1 is 1.22 bits per heavy atom. The van der Waals surface area contributed by atoms with Crippen LogP contribution in [0.15, 0.2) is 48.8 Å².